The maximum atomic E-state index is 14.6. The minimum absolute atomic E-state index is 0.0778. The molecule has 27 heavy (non-hydrogen) atoms. The second-order valence-electron chi connectivity index (χ2n) is 7.87. The number of carbonyl (C=O) groups excluding carboxylic acids is 1. The number of nitrogens with zero attached hydrogens (tertiary/aromatic N) is 3. The van der Waals surface area contributed by atoms with Gasteiger partial charge in [-0.3, -0.25) is 9.48 Å². The molecule has 2 aliphatic heterocycles. The third kappa shape index (κ3) is 2.32. The number of aryl methyl sites for hydroxylation is 1. The van der Waals surface area contributed by atoms with Gasteiger partial charge in [0.15, 0.2) is 15.5 Å². The fourth-order valence-electron chi connectivity index (χ4n) is 4.55. The van der Waals surface area contributed by atoms with Gasteiger partial charge < -0.3 is 4.90 Å². The van der Waals surface area contributed by atoms with E-state index in [1.165, 1.54) is 4.90 Å². The van der Waals surface area contributed by atoms with E-state index in [1.807, 2.05) is 19.3 Å². The number of carbonyl (C=O) groups is 1. The fraction of sp³-hybridized carbons (Fsp3) is 0.474. The van der Waals surface area contributed by atoms with Crippen LogP contribution in [0.1, 0.15) is 30.7 Å². The highest BCUT2D eigenvalue weighted by Gasteiger charge is 2.55. The minimum Gasteiger partial charge on any atom is -0.338 e. The average molecular weight is 389 g/mol. The third-order valence-electron chi connectivity index (χ3n) is 6.24. The van der Waals surface area contributed by atoms with E-state index in [2.05, 4.69) is 5.10 Å². The van der Waals surface area contributed by atoms with Crippen molar-refractivity contribution in [1.82, 2.24) is 14.7 Å². The number of hydrogen-bond donors (Lipinski definition) is 0. The van der Waals surface area contributed by atoms with Gasteiger partial charge in [0.25, 0.3) is 5.91 Å². The first kappa shape index (κ1) is 16.9. The van der Waals surface area contributed by atoms with E-state index in [0.717, 1.165) is 16.7 Å². The van der Waals surface area contributed by atoms with Crippen LogP contribution in [0.2, 0.25) is 0 Å². The molecule has 5 rings (SSSR count). The first-order valence-electron chi connectivity index (χ1n) is 9.15. The molecule has 0 bridgehead atoms. The molecule has 6 nitrogen and oxygen atoms in total. The second kappa shape index (κ2) is 5.41. The third-order valence-corrected chi connectivity index (χ3v) is 8.49. The second-order valence-corrected chi connectivity index (χ2v) is 10.0. The van der Waals surface area contributed by atoms with Crippen molar-refractivity contribution in [2.24, 2.45) is 7.05 Å². The van der Waals surface area contributed by atoms with Crippen molar-refractivity contribution < 1.29 is 17.6 Å². The summed E-state index contributed by atoms with van der Waals surface area (Å²) >= 11 is 0. The number of alkyl halides is 1. The van der Waals surface area contributed by atoms with Crippen LogP contribution in [0.3, 0.4) is 0 Å². The van der Waals surface area contributed by atoms with Gasteiger partial charge in [0.05, 0.1) is 16.3 Å². The summed E-state index contributed by atoms with van der Waals surface area (Å²) in [6.07, 6.45) is 4.80. The number of hydrogen-bond acceptors (Lipinski definition) is 4. The normalized spacial score (nSPS) is 27.1. The zero-order valence-electron chi connectivity index (χ0n) is 14.9. The van der Waals surface area contributed by atoms with E-state index >= 15 is 0 Å². The predicted molar refractivity (Wildman–Crippen MR) is 96.6 cm³/mol. The highest BCUT2D eigenvalue weighted by molar-refractivity contribution is 7.92. The molecule has 2 atom stereocenters. The van der Waals surface area contributed by atoms with Gasteiger partial charge in [-0.2, -0.15) is 5.10 Å². The van der Waals surface area contributed by atoms with Crippen molar-refractivity contribution in [2.45, 2.75) is 41.0 Å². The molecule has 3 heterocycles. The summed E-state index contributed by atoms with van der Waals surface area (Å²) in [4.78, 5) is 14.3. The number of benzene rings is 1. The molecular weight excluding hydrogens is 369 g/mol. The summed E-state index contributed by atoms with van der Waals surface area (Å²) in [5.74, 6) is -0.836. The van der Waals surface area contributed by atoms with E-state index in [9.17, 15) is 17.6 Å². The number of likely N-dealkylation sites (tertiary alicyclic amines) is 1. The van der Waals surface area contributed by atoms with Crippen LogP contribution < -0.4 is 0 Å². The Balaban J connectivity index is 1.51. The Labute approximate surface area is 156 Å². The van der Waals surface area contributed by atoms with Gasteiger partial charge in [0.1, 0.15) is 0 Å². The number of fused-ring (bicyclic) bond motifs is 3. The molecule has 0 radical (unpaired) electrons. The first-order chi connectivity index (χ1) is 12.8. The van der Waals surface area contributed by atoms with E-state index < -0.39 is 26.7 Å². The summed E-state index contributed by atoms with van der Waals surface area (Å²) in [5.41, 5.74) is 0.744. The topological polar surface area (TPSA) is 72.3 Å². The Bertz CT molecular complexity index is 1060. The van der Waals surface area contributed by atoms with Crippen LogP contribution in [0.15, 0.2) is 35.5 Å². The fourth-order valence-corrected chi connectivity index (χ4v) is 6.71. The Morgan fingerprint density at radius 1 is 1.26 bits per heavy atom. The summed E-state index contributed by atoms with van der Waals surface area (Å²) in [5, 5.41) is 3.49. The van der Waals surface area contributed by atoms with E-state index in [-0.39, 0.29) is 31.8 Å². The molecule has 1 amide bonds. The lowest BCUT2D eigenvalue weighted by molar-refractivity contribution is -0.148. The smallest absolute Gasteiger partial charge is 0.260 e. The van der Waals surface area contributed by atoms with Gasteiger partial charge in [-0.25, -0.2) is 12.8 Å². The zero-order chi connectivity index (χ0) is 19.0. The number of rotatable bonds is 2. The van der Waals surface area contributed by atoms with Crippen LogP contribution >= 0.6 is 0 Å². The molecule has 1 aromatic heterocycles. The number of amides is 1. The highest BCUT2D eigenvalue weighted by Crippen LogP contribution is 2.47. The van der Waals surface area contributed by atoms with Gasteiger partial charge in [-0.05, 0) is 42.5 Å². The summed E-state index contributed by atoms with van der Waals surface area (Å²) in [7, 11) is -1.69. The Kier molecular flexibility index (Phi) is 3.39. The molecule has 0 unspecified atom stereocenters. The van der Waals surface area contributed by atoms with Gasteiger partial charge in [-0.15, -0.1) is 0 Å². The van der Waals surface area contributed by atoms with Crippen LogP contribution in [0, 0.1) is 0 Å². The first-order valence-corrected chi connectivity index (χ1v) is 10.7. The van der Waals surface area contributed by atoms with Crippen LogP contribution in [0.5, 0.6) is 0 Å². The maximum absolute atomic E-state index is 14.6. The van der Waals surface area contributed by atoms with Crippen molar-refractivity contribution >= 4 is 15.7 Å². The van der Waals surface area contributed by atoms with Gasteiger partial charge in [0.2, 0.25) is 0 Å². The average Bonchev–Trinajstić information content (AvgIpc) is 3.29. The van der Waals surface area contributed by atoms with Crippen molar-refractivity contribution in [3.63, 3.8) is 0 Å². The van der Waals surface area contributed by atoms with Crippen LogP contribution in [-0.2, 0) is 21.7 Å². The molecule has 0 N–H and O–H groups in total. The molecule has 8 heteroatoms. The van der Waals surface area contributed by atoms with E-state index in [1.54, 1.807) is 23.0 Å². The van der Waals surface area contributed by atoms with Gasteiger partial charge >= 0.3 is 0 Å². The Morgan fingerprint density at radius 2 is 2.04 bits per heavy atom. The van der Waals surface area contributed by atoms with Gasteiger partial charge in [-0.1, -0.05) is 6.07 Å². The quantitative estimate of drug-likeness (QED) is 0.788. The van der Waals surface area contributed by atoms with Gasteiger partial charge in [0, 0.05) is 37.8 Å². The summed E-state index contributed by atoms with van der Waals surface area (Å²) in [6, 6.07) is 5.33. The largest absolute Gasteiger partial charge is 0.338 e. The SMILES string of the molecule is Cn1cc(-c2ccc3c(c2)[C@@H]2CN(C(=O)C4(F)CCC4)C[C@@H]2S3(=O)=O)cn1. The molecule has 2 fully saturated rings. The van der Waals surface area contributed by atoms with Crippen LogP contribution in [0.4, 0.5) is 4.39 Å². The van der Waals surface area contributed by atoms with Crippen LogP contribution in [0.25, 0.3) is 11.1 Å². The molecular formula is C19H20FN3O3S. The summed E-state index contributed by atoms with van der Waals surface area (Å²) < 4.78 is 42.2. The van der Waals surface area contributed by atoms with Crippen molar-refractivity contribution in [3.05, 3.63) is 36.2 Å². The lowest BCUT2D eigenvalue weighted by Crippen LogP contribution is -2.50. The van der Waals surface area contributed by atoms with Crippen molar-refractivity contribution in [2.75, 3.05) is 13.1 Å². The monoisotopic (exact) mass is 389 g/mol. The van der Waals surface area contributed by atoms with Crippen molar-refractivity contribution in [3.8, 4) is 11.1 Å². The zero-order valence-corrected chi connectivity index (χ0v) is 15.7. The minimum atomic E-state index is -3.51. The molecule has 1 saturated heterocycles. The number of aromatic nitrogens is 2. The van der Waals surface area contributed by atoms with E-state index in [4.69, 9.17) is 0 Å². The van der Waals surface area contributed by atoms with Crippen LogP contribution in [-0.4, -0.2) is 53.0 Å². The Morgan fingerprint density at radius 3 is 2.67 bits per heavy atom. The number of halogens is 1. The highest BCUT2D eigenvalue weighted by atomic mass is 32.2. The lowest BCUT2D eigenvalue weighted by Gasteiger charge is -2.35. The molecule has 0 spiro atoms. The Hall–Kier alpha value is -2.22. The molecule has 3 aliphatic rings. The molecule has 1 saturated carbocycles. The standard InChI is InChI=1S/C19H20FN3O3S/c1-22-9-13(8-21-22)12-3-4-16-14(7-12)15-10-23(11-17(15)27(16,25)26)18(24)19(20)5-2-6-19/h3-4,7-9,15,17H,2,5-6,10-11H2,1H3/t15-,17-/m0/s1. The predicted octanol–water partition coefficient (Wildman–Crippen LogP) is 2.06. The molecule has 142 valence electrons. The van der Waals surface area contributed by atoms with E-state index in [0.29, 0.717) is 11.3 Å². The lowest BCUT2D eigenvalue weighted by atomic mass is 9.81. The maximum Gasteiger partial charge on any atom is 0.260 e. The summed E-state index contributed by atoms with van der Waals surface area (Å²) in [6.45, 7) is 0.340. The molecule has 2 aromatic rings. The number of sulfone groups is 1. The van der Waals surface area contributed by atoms with Crippen molar-refractivity contribution in [1.29, 1.82) is 0 Å². The molecule has 1 aromatic carbocycles. The molecule has 1 aliphatic carbocycles.